The van der Waals surface area contributed by atoms with Gasteiger partial charge in [-0.25, -0.2) is 4.79 Å². The largest absolute Gasteiger partial charge is 0.480 e. The monoisotopic (exact) mass is 486 g/mol. The number of carboxylic acid groups (broad SMARTS) is 1. The number of carbonyl (C=O) groups is 5. The molecule has 8 N–H and O–H groups in total. The predicted octanol–water partition coefficient (Wildman–Crippen LogP) is -1.10. The highest BCUT2D eigenvalue weighted by Crippen LogP contribution is 2.19. The smallest absolute Gasteiger partial charge is 0.326 e. The van der Waals surface area contributed by atoms with Gasteiger partial charge in [-0.15, -0.1) is 0 Å². The lowest BCUT2D eigenvalue weighted by molar-refractivity contribution is -0.142. The summed E-state index contributed by atoms with van der Waals surface area (Å²) in [4.78, 5) is 63.6. The molecule has 3 rings (SSSR count). The van der Waals surface area contributed by atoms with Crippen LogP contribution in [0.25, 0.3) is 10.9 Å². The second-order valence-electron chi connectivity index (χ2n) is 8.45. The number of nitrogens with one attached hydrogen (secondary N) is 5. The molecule has 1 aromatic heterocycles. The van der Waals surface area contributed by atoms with Crippen molar-refractivity contribution in [2.45, 2.75) is 50.2 Å². The highest BCUT2D eigenvalue weighted by Gasteiger charge is 2.28. The number of hydrogen-bond acceptors (Lipinski definition) is 6. The van der Waals surface area contributed by atoms with E-state index in [1.54, 1.807) is 6.20 Å². The van der Waals surface area contributed by atoms with Gasteiger partial charge in [0.1, 0.15) is 12.1 Å². The number of aromatic nitrogens is 1. The summed E-state index contributed by atoms with van der Waals surface area (Å²) in [5.74, 6) is -3.66. The fraction of sp³-hybridized carbons (Fsp3) is 0.435. The van der Waals surface area contributed by atoms with Crippen molar-refractivity contribution in [3.05, 3.63) is 36.0 Å². The van der Waals surface area contributed by atoms with Gasteiger partial charge in [0.25, 0.3) is 0 Å². The minimum Gasteiger partial charge on any atom is -0.480 e. The Hall–Kier alpha value is -3.93. The van der Waals surface area contributed by atoms with Crippen molar-refractivity contribution in [1.29, 1.82) is 0 Å². The molecule has 12 nitrogen and oxygen atoms in total. The summed E-state index contributed by atoms with van der Waals surface area (Å²) in [5, 5.41) is 20.9. The molecule has 35 heavy (non-hydrogen) atoms. The number of H-pyrrole nitrogens is 1. The Bertz CT molecular complexity index is 1090. The maximum absolute atomic E-state index is 12.9. The molecule has 1 fully saturated rings. The van der Waals surface area contributed by atoms with Crippen LogP contribution in [0.15, 0.2) is 30.5 Å². The van der Waals surface area contributed by atoms with E-state index in [2.05, 4.69) is 26.3 Å². The number of amides is 4. The van der Waals surface area contributed by atoms with Crippen LogP contribution < -0.4 is 27.0 Å². The summed E-state index contributed by atoms with van der Waals surface area (Å²) in [6.07, 6.45) is 2.90. The first-order valence-electron chi connectivity index (χ1n) is 11.4. The number of fused-ring (bicyclic) bond motifs is 1. The van der Waals surface area contributed by atoms with Gasteiger partial charge in [0.05, 0.1) is 12.6 Å². The number of aliphatic carboxylic acids is 1. The molecule has 0 aliphatic carbocycles. The van der Waals surface area contributed by atoms with Gasteiger partial charge >= 0.3 is 5.97 Å². The third-order valence-electron chi connectivity index (χ3n) is 5.84. The van der Waals surface area contributed by atoms with E-state index in [-0.39, 0.29) is 37.8 Å². The zero-order valence-corrected chi connectivity index (χ0v) is 19.1. The summed E-state index contributed by atoms with van der Waals surface area (Å²) in [6.45, 7) is 0.359. The molecule has 0 saturated carbocycles. The van der Waals surface area contributed by atoms with Gasteiger partial charge in [0, 0.05) is 29.9 Å². The van der Waals surface area contributed by atoms with E-state index in [4.69, 9.17) is 5.73 Å². The molecule has 2 heterocycles. The Labute approximate surface area is 201 Å². The number of carboxylic acids is 1. The number of aromatic amines is 1. The lowest BCUT2D eigenvalue weighted by atomic mass is 10.0. The minimum absolute atomic E-state index is 0.00597. The van der Waals surface area contributed by atoms with Crippen LogP contribution in [-0.4, -0.2) is 70.9 Å². The van der Waals surface area contributed by atoms with Crippen molar-refractivity contribution in [2.24, 2.45) is 5.73 Å². The Kier molecular flexibility index (Phi) is 8.79. The molecule has 1 aliphatic rings. The van der Waals surface area contributed by atoms with Crippen LogP contribution in [0, 0.1) is 0 Å². The number of hydrogen-bond donors (Lipinski definition) is 7. The van der Waals surface area contributed by atoms with Crippen molar-refractivity contribution in [3.8, 4) is 0 Å². The second-order valence-corrected chi connectivity index (χ2v) is 8.45. The summed E-state index contributed by atoms with van der Waals surface area (Å²) in [6, 6.07) is 4.52. The molecule has 0 spiro atoms. The second kappa shape index (κ2) is 12.0. The molecule has 1 aliphatic heterocycles. The van der Waals surface area contributed by atoms with E-state index in [9.17, 15) is 29.1 Å². The zero-order chi connectivity index (χ0) is 25.4. The molecular formula is C23H30N6O6. The Morgan fingerprint density at radius 2 is 1.89 bits per heavy atom. The van der Waals surface area contributed by atoms with Crippen molar-refractivity contribution in [1.82, 2.24) is 26.3 Å². The van der Waals surface area contributed by atoms with Crippen LogP contribution in [0.4, 0.5) is 0 Å². The van der Waals surface area contributed by atoms with Gasteiger partial charge in [-0.05, 0) is 37.4 Å². The first kappa shape index (κ1) is 25.7. The van der Waals surface area contributed by atoms with Crippen LogP contribution in [0.1, 0.15) is 31.2 Å². The average molecular weight is 487 g/mol. The SMILES string of the molecule is NC(=O)CCC(NC(=O)CNC(=O)C1CCCN1)C(=O)NC(Cc1c[nH]c2ccccc12)C(=O)O. The van der Waals surface area contributed by atoms with Gasteiger partial charge in [0.2, 0.25) is 23.6 Å². The number of benzene rings is 1. The van der Waals surface area contributed by atoms with Crippen LogP contribution in [0.3, 0.4) is 0 Å². The fourth-order valence-corrected chi connectivity index (χ4v) is 3.99. The molecule has 0 bridgehead atoms. The number of primary amides is 1. The topological polar surface area (TPSA) is 196 Å². The highest BCUT2D eigenvalue weighted by molar-refractivity contribution is 5.93. The number of para-hydroxylation sites is 1. The maximum Gasteiger partial charge on any atom is 0.326 e. The fourth-order valence-electron chi connectivity index (χ4n) is 3.99. The number of rotatable bonds is 12. The normalized spacial score (nSPS) is 16.9. The molecule has 12 heteroatoms. The molecule has 0 radical (unpaired) electrons. The highest BCUT2D eigenvalue weighted by atomic mass is 16.4. The number of carbonyl (C=O) groups excluding carboxylic acids is 4. The molecule has 188 valence electrons. The molecule has 1 saturated heterocycles. The van der Waals surface area contributed by atoms with Crippen molar-refractivity contribution < 1.29 is 29.1 Å². The van der Waals surface area contributed by atoms with Crippen LogP contribution in [0.2, 0.25) is 0 Å². The van der Waals surface area contributed by atoms with Gasteiger partial charge < -0.3 is 37.1 Å². The Morgan fingerprint density at radius 3 is 2.57 bits per heavy atom. The molecule has 4 amide bonds. The first-order chi connectivity index (χ1) is 16.7. The molecular weight excluding hydrogens is 456 g/mol. The maximum atomic E-state index is 12.9. The van der Waals surface area contributed by atoms with Crippen LogP contribution in [-0.2, 0) is 30.4 Å². The molecule has 3 atom stereocenters. The third kappa shape index (κ3) is 7.27. The van der Waals surface area contributed by atoms with Crippen LogP contribution in [0.5, 0.6) is 0 Å². The van der Waals surface area contributed by atoms with Gasteiger partial charge in [-0.2, -0.15) is 0 Å². The third-order valence-corrected chi connectivity index (χ3v) is 5.84. The van der Waals surface area contributed by atoms with E-state index in [1.165, 1.54) is 0 Å². The van der Waals surface area contributed by atoms with E-state index in [1.807, 2.05) is 24.3 Å². The van der Waals surface area contributed by atoms with E-state index >= 15 is 0 Å². The lowest BCUT2D eigenvalue weighted by Crippen LogP contribution is -2.54. The van der Waals surface area contributed by atoms with Gasteiger partial charge in [0.15, 0.2) is 0 Å². The molecule has 3 unspecified atom stereocenters. The lowest BCUT2D eigenvalue weighted by Gasteiger charge is -2.21. The van der Waals surface area contributed by atoms with Crippen molar-refractivity contribution in [2.75, 3.05) is 13.1 Å². The van der Waals surface area contributed by atoms with E-state index in [0.29, 0.717) is 12.0 Å². The van der Waals surface area contributed by atoms with Gasteiger partial charge in [-0.1, -0.05) is 18.2 Å². The Balaban J connectivity index is 1.62. The standard InChI is InChI=1S/C23H30N6O6/c24-19(30)8-7-17(28-20(31)12-27-21(32)16-6-3-9-25-16)22(33)29-18(23(34)35)10-13-11-26-15-5-2-1-4-14(13)15/h1-2,4-5,11,16-18,25-26H,3,6-10,12H2,(H2,24,30)(H,27,32)(H,28,31)(H,29,33)(H,34,35). The zero-order valence-electron chi connectivity index (χ0n) is 19.1. The quantitative estimate of drug-likeness (QED) is 0.198. The average Bonchev–Trinajstić information content (AvgIpc) is 3.50. The summed E-state index contributed by atoms with van der Waals surface area (Å²) in [5.41, 5.74) is 6.72. The van der Waals surface area contributed by atoms with E-state index < -0.39 is 35.8 Å². The predicted molar refractivity (Wildman–Crippen MR) is 126 cm³/mol. The van der Waals surface area contributed by atoms with E-state index in [0.717, 1.165) is 23.9 Å². The molecule has 1 aromatic carbocycles. The van der Waals surface area contributed by atoms with Gasteiger partial charge in [-0.3, -0.25) is 19.2 Å². The summed E-state index contributed by atoms with van der Waals surface area (Å²) >= 11 is 0. The Morgan fingerprint density at radius 1 is 1.11 bits per heavy atom. The van der Waals surface area contributed by atoms with Crippen LogP contribution >= 0.6 is 0 Å². The summed E-state index contributed by atoms with van der Waals surface area (Å²) in [7, 11) is 0. The van der Waals surface area contributed by atoms with Crippen molar-refractivity contribution >= 4 is 40.5 Å². The first-order valence-corrected chi connectivity index (χ1v) is 11.4. The number of nitrogens with two attached hydrogens (primary N) is 1. The molecule has 2 aromatic rings. The van der Waals surface area contributed by atoms with Crippen molar-refractivity contribution in [3.63, 3.8) is 0 Å². The minimum atomic E-state index is -1.28. The summed E-state index contributed by atoms with van der Waals surface area (Å²) < 4.78 is 0.